The fourth-order valence-electron chi connectivity index (χ4n) is 1.27. The fraction of sp³-hybridized carbons (Fsp3) is 0.636. The Balaban J connectivity index is 4.51. The molecule has 5 heteroatoms. The number of rotatable bonds is 7. The van der Waals surface area contributed by atoms with Crippen LogP contribution in [0, 0.1) is 0 Å². The molecule has 0 saturated carbocycles. The summed E-state index contributed by atoms with van der Waals surface area (Å²) in [5.41, 5.74) is 5.47. The maximum absolute atomic E-state index is 10.8. The van der Waals surface area contributed by atoms with E-state index in [1.54, 1.807) is 13.0 Å². The average Bonchev–Trinajstić information content (AvgIpc) is 2.15. The standard InChI is InChI=1S/C11H20N2O3/c1-4-9(11(15)16)5-6-13(8(2)3)7-10(12)14/h5,8H,4,6-7H2,1-3H3,(H2,12,14)(H,15,16). The van der Waals surface area contributed by atoms with Gasteiger partial charge in [-0.3, -0.25) is 9.69 Å². The predicted molar refractivity (Wildman–Crippen MR) is 61.9 cm³/mol. The highest BCUT2D eigenvalue weighted by molar-refractivity contribution is 5.86. The second-order valence-corrected chi connectivity index (χ2v) is 3.88. The summed E-state index contributed by atoms with van der Waals surface area (Å²) in [6, 6.07) is 0.149. The van der Waals surface area contributed by atoms with Gasteiger partial charge in [-0.1, -0.05) is 13.0 Å². The Bertz CT molecular complexity index is 285. The molecular weight excluding hydrogens is 208 g/mol. The van der Waals surface area contributed by atoms with Crippen LogP contribution in [-0.2, 0) is 9.59 Å². The van der Waals surface area contributed by atoms with E-state index in [0.717, 1.165) is 0 Å². The van der Waals surface area contributed by atoms with Crippen LogP contribution < -0.4 is 5.73 Å². The van der Waals surface area contributed by atoms with Gasteiger partial charge in [-0.15, -0.1) is 0 Å². The van der Waals surface area contributed by atoms with Gasteiger partial charge in [0.25, 0.3) is 0 Å². The number of nitrogens with zero attached hydrogens (tertiary/aromatic N) is 1. The van der Waals surface area contributed by atoms with Crippen molar-refractivity contribution in [3.05, 3.63) is 11.6 Å². The van der Waals surface area contributed by atoms with Gasteiger partial charge in [0.1, 0.15) is 0 Å². The zero-order valence-electron chi connectivity index (χ0n) is 10.1. The number of carboxylic acids is 1. The molecule has 0 bridgehead atoms. The van der Waals surface area contributed by atoms with E-state index in [4.69, 9.17) is 10.8 Å². The van der Waals surface area contributed by atoms with E-state index in [9.17, 15) is 9.59 Å². The van der Waals surface area contributed by atoms with Crippen molar-refractivity contribution in [2.45, 2.75) is 33.2 Å². The number of amides is 1. The molecular formula is C11H20N2O3. The Labute approximate surface area is 95.9 Å². The maximum Gasteiger partial charge on any atom is 0.331 e. The number of nitrogens with two attached hydrogens (primary N) is 1. The molecule has 1 amide bonds. The third-order valence-electron chi connectivity index (χ3n) is 2.32. The van der Waals surface area contributed by atoms with Gasteiger partial charge in [0.15, 0.2) is 0 Å². The molecule has 0 radical (unpaired) electrons. The minimum atomic E-state index is -0.912. The van der Waals surface area contributed by atoms with Crippen molar-refractivity contribution in [3.8, 4) is 0 Å². The first-order chi connectivity index (χ1) is 7.38. The summed E-state index contributed by atoms with van der Waals surface area (Å²) in [6.45, 7) is 6.22. The molecule has 0 rings (SSSR count). The van der Waals surface area contributed by atoms with Crippen molar-refractivity contribution in [2.75, 3.05) is 13.1 Å². The predicted octanol–water partition coefficient (Wildman–Crippen LogP) is 0.603. The van der Waals surface area contributed by atoms with Crippen molar-refractivity contribution in [2.24, 2.45) is 5.73 Å². The minimum Gasteiger partial charge on any atom is -0.478 e. The van der Waals surface area contributed by atoms with Crippen LogP contribution in [0.5, 0.6) is 0 Å². The molecule has 3 N–H and O–H groups in total. The molecule has 0 aromatic rings. The van der Waals surface area contributed by atoms with Gasteiger partial charge in [-0.25, -0.2) is 4.79 Å². The first-order valence-corrected chi connectivity index (χ1v) is 5.33. The van der Waals surface area contributed by atoms with E-state index < -0.39 is 11.9 Å². The molecule has 0 aliphatic heterocycles. The van der Waals surface area contributed by atoms with E-state index in [0.29, 0.717) is 18.5 Å². The number of hydrogen-bond donors (Lipinski definition) is 2. The number of primary amides is 1. The van der Waals surface area contributed by atoms with Crippen LogP contribution in [0.1, 0.15) is 27.2 Å². The second-order valence-electron chi connectivity index (χ2n) is 3.88. The lowest BCUT2D eigenvalue weighted by Crippen LogP contribution is -2.38. The average molecular weight is 228 g/mol. The van der Waals surface area contributed by atoms with Crippen LogP contribution in [0.25, 0.3) is 0 Å². The summed E-state index contributed by atoms with van der Waals surface area (Å²) in [7, 11) is 0. The molecule has 0 spiro atoms. The van der Waals surface area contributed by atoms with Gasteiger partial charge in [0.2, 0.25) is 5.91 Å². The van der Waals surface area contributed by atoms with E-state index >= 15 is 0 Å². The van der Waals surface area contributed by atoms with Gasteiger partial charge in [0.05, 0.1) is 6.54 Å². The Morgan fingerprint density at radius 3 is 2.31 bits per heavy atom. The van der Waals surface area contributed by atoms with E-state index in [-0.39, 0.29) is 12.6 Å². The van der Waals surface area contributed by atoms with Gasteiger partial charge in [0, 0.05) is 18.2 Å². The molecule has 0 aliphatic rings. The second kappa shape index (κ2) is 7.00. The van der Waals surface area contributed by atoms with E-state index in [1.807, 2.05) is 18.7 Å². The molecule has 5 nitrogen and oxygen atoms in total. The molecule has 0 atom stereocenters. The smallest absolute Gasteiger partial charge is 0.331 e. The van der Waals surface area contributed by atoms with Crippen LogP contribution in [-0.4, -0.2) is 41.0 Å². The summed E-state index contributed by atoms with van der Waals surface area (Å²) >= 11 is 0. The van der Waals surface area contributed by atoms with Crippen LogP contribution in [0.2, 0.25) is 0 Å². The van der Waals surface area contributed by atoms with Crippen LogP contribution in [0.15, 0.2) is 11.6 Å². The highest BCUT2D eigenvalue weighted by atomic mass is 16.4. The number of carbonyl (C=O) groups is 2. The summed E-state index contributed by atoms with van der Waals surface area (Å²) in [5.74, 6) is -1.32. The lowest BCUT2D eigenvalue weighted by atomic mass is 10.2. The molecule has 0 fully saturated rings. The first kappa shape index (κ1) is 14.6. The molecule has 92 valence electrons. The third-order valence-corrected chi connectivity index (χ3v) is 2.32. The highest BCUT2D eigenvalue weighted by Crippen LogP contribution is 2.03. The molecule has 0 aromatic heterocycles. The van der Waals surface area contributed by atoms with Gasteiger partial charge < -0.3 is 10.8 Å². The number of aliphatic carboxylic acids is 1. The monoisotopic (exact) mass is 228 g/mol. The lowest BCUT2D eigenvalue weighted by Gasteiger charge is -2.23. The van der Waals surface area contributed by atoms with Crippen LogP contribution in [0.3, 0.4) is 0 Å². The molecule has 16 heavy (non-hydrogen) atoms. The van der Waals surface area contributed by atoms with Crippen LogP contribution in [0.4, 0.5) is 0 Å². The topological polar surface area (TPSA) is 83.6 Å². The third kappa shape index (κ3) is 5.50. The van der Waals surface area contributed by atoms with Crippen molar-refractivity contribution in [1.29, 1.82) is 0 Å². The number of hydrogen-bond acceptors (Lipinski definition) is 3. The Morgan fingerprint density at radius 2 is 2.00 bits per heavy atom. The van der Waals surface area contributed by atoms with Crippen molar-refractivity contribution < 1.29 is 14.7 Å². The molecule has 0 aromatic carbocycles. The zero-order chi connectivity index (χ0) is 12.7. The maximum atomic E-state index is 10.8. The summed E-state index contributed by atoms with van der Waals surface area (Å²) in [4.78, 5) is 23.4. The Kier molecular flexibility index (Phi) is 6.41. The summed E-state index contributed by atoms with van der Waals surface area (Å²) in [5, 5.41) is 8.83. The zero-order valence-corrected chi connectivity index (χ0v) is 10.1. The van der Waals surface area contributed by atoms with Gasteiger partial charge in [-0.2, -0.15) is 0 Å². The quantitative estimate of drug-likeness (QED) is 0.625. The van der Waals surface area contributed by atoms with Gasteiger partial charge in [-0.05, 0) is 20.3 Å². The van der Waals surface area contributed by atoms with Gasteiger partial charge >= 0.3 is 5.97 Å². The van der Waals surface area contributed by atoms with E-state index in [2.05, 4.69) is 0 Å². The Hall–Kier alpha value is -1.36. The molecule has 0 heterocycles. The molecule has 0 aliphatic carbocycles. The number of carboxylic acid groups (broad SMARTS) is 1. The molecule has 0 saturated heterocycles. The highest BCUT2D eigenvalue weighted by Gasteiger charge is 2.12. The SMILES string of the molecule is CCC(=CCN(CC(N)=O)C(C)C)C(=O)O. The van der Waals surface area contributed by atoms with Crippen LogP contribution >= 0.6 is 0 Å². The Morgan fingerprint density at radius 1 is 1.44 bits per heavy atom. The first-order valence-electron chi connectivity index (χ1n) is 5.33. The normalized spacial score (nSPS) is 12.2. The lowest BCUT2D eigenvalue weighted by molar-refractivity contribution is -0.132. The fourth-order valence-corrected chi connectivity index (χ4v) is 1.27. The molecule has 0 unspecified atom stereocenters. The van der Waals surface area contributed by atoms with Crippen molar-refractivity contribution in [3.63, 3.8) is 0 Å². The number of carbonyl (C=O) groups excluding carboxylic acids is 1. The minimum absolute atomic E-state index is 0.144. The largest absolute Gasteiger partial charge is 0.478 e. The van der Waals surface area contributed by atoms with Crippen molar-refractivity contribution in [1.82, 2.24) is 4.90 Å². The summed E-state index contributed by atoms with van der Waals surface area (Å²) < 4.78 is 0. The van der Waals surface area contributed by atoms with Crippen molar-refractivity contribution >= 4 is 11.9 Å². The van der Waals surface area contributed by atoms with E-state index in [1.165, 1.54) is 0 Å². The summed E-state index contributed by atoms with van der Waals surface area (Å²) in [6.07, 6.45) is 2.10.